The lowest BCUT2D eigenvalue weighted by Crippen LogP contribution is -2.35. The van der Waals surface area contributed by atoms with Crippen molar-refractivity contribution in [3.63, 3.8) is 0 Å². The van der Waals surface area contributed by atoms with Crippen LogP contribution in [0.2, 0.25) is 0 Å². The molecule has 6 nitrogen and oxygen atoms in total. The summed E-state index contributed by atoms with van der Waals surface area (Å²) in [5.41, 5.74) is 7.08. The number of carbonyl (C=O) groups is 1. The van der Waals surface area contributed by atoms with Crippen molar-refractivity contribution in [3.8, 4) is 11.5 Å². The van der Waals surface area contributed by atoms with Crippen molar-refractivity contribution in [3.05, 3.63) is 23.8 Å². The van der Waals surface area contributed by atoms with Gasteiger partial charge in [-0.3, -0.25) is 0 Å². The van der Waals surface area contributed by atoms with E-state index in [1.807, 2.05) is 18.2 Å². The molecule has 0 aliphatic carbocycles. The molecule has 2 amide bonds. The van der Waals surface area contributed by atoms with Gasteiger partial charge in [-0.25, -0.2) is 4.79 Å². The Bertz CT molecular complexity index is 493. The molecule has 1 saturated heterocycles. The summed E-state index contributed by atoms with van der Waals surface area (Å²) in [7, 11) is 5.00. The van der Waals surface area contributed by atoms with Gasteiger partial charge in [0.25, 0.3) is 0 Å². The third kappa shape index (κ3) is 2.80. The number of carbonyl (C=O) groups excluding carboxylic acids is 1. The molecule has 0 saturated carbocycles. The van der Waals surface area contributed by atoms with Gasteiger partial charge in [0.05, 0.1) is 20.3 Å². The number of hydrogen-bond donors (Lipinski definition) is 1. The average molecular weight is 279 g/mol. The predicted octanol–water partition coefficient (Wildman–Crippen LogP) is 1.07. The summed E-state index contributed by atoms with van der Waals surface area (Å²) in [4.78, 5) is 15.3. The van der Waals surface area contributed by atoms with Crippen LogP contribution in [0.15, 0.2) is 18.2 Å². The highest BCUT2D eigenvalue weighted by Gasteiger charge is 2.27. The van der Waals surface area contributed by atoms with Crippen LogP contribution >= 0.6 is 0 Å². The normalized spacial score (nSPS) is 16.5. The van der Waals surface area contributed by atoms with Crippen LogP contribution in [-0.4, -0.2) is 56.7 Å². The van der Waals surface area contributed by atoms with E-state index >= 15 is 0 Å². The monoisotopic (exact) mass is 279 g/mol. The van der Waals surface area contributed by atoms with Gasteiger partial charge in [0, 0.05) is 32.2 Å². The van der Waals surface area contributed by atoms with E-state index in [1.165, 1.54) is 0 Å². The summed E-state index contributed by atoms with van der Waals surface area (Å²) in [5.74, 6) is 1.43. The van der Waals surface area contributed by atoms with Gasteiger partial charge in [-0.1, -0.05) is 0 Å². The smallest absolute Gasteiger partial charge is 0.319 e. The average Bonchev–Trinajstić information content (AvgIpc) is 2.78. The molecule has 1 atom stereocenters. The molecule has 0 spiro atoms. The molecule has 1 aliphatic heterocycles. The van der Waals surface area contributed by atoms with E-state index in [9.17, 15) is 4.79 Å². The number of nitrogens with zero attached hydrogens (tertiary/aromatic N) is 2. The third-order valence-corrected chi connectivity index (χ3v) is 3.56. The number of hydrogen-bond acceptors (Lipinski definition) is 4. The molecular weight excluding hydrogens is 258 g/mol. The molecule has 110 valence electrons. The van der Waals surface area contributed by atoms with Gasteiger partial charge in [0.2, 0.25) is 0 Å². The molecular formula is C14H21N3O3. The minimum absolute atomic E-state index is 0.0160. The molecule has 1 aromatic carbocycles. The second kappa shape index (κ2) is 6.00. The van der Waals surface area contributed by atoms with Crippen LogP contribution in [0.1, 0.15) is 11.6 Å². The van der Waals surface area contributed by atoms with Crippen molar-refractivity contribution in [2.75, 3.05) is 40.9 Å². The minimum atomic E-state index is -0.310. The molecule has 2 rings (SSSR count). The Hall–Kier alpha value is -1.95. The van der Waals surface area contributed by atoms with Crippen LogP contribution in [0.25, 0.3) is 0 Å². The van der Waals surface area contributed by atoms with Crippen LogP contribution in [0.3, 0.4) is 0 Å². The summed E-state index contributed by atoms with van der Waals surface area (Å²) in [6.07, 6.45) is 0. The number of methoxy groups -OCH3 is 2. The number of benzene rings is 1. The van der Waals surface area contributed by atoms with Crippen molar-refractivity contribution in [1.82, 2.24) is 9.80 Å². The number of nitrogens with two attached hydrogens (primary N) is 1. The molecule has 1 heterocycles. The molecule has 2 N–H and O–H groups in total. The minimum Gasteiger partial charge on any atom is -0.497 e. The zero-order chi connectivity index (χ0) is 14.7. The first-order chi connectivity index (χ1) is 9.56. The highest BCUT2D eigenvalue weighted by atomic mass is 16.5. The highest BCUT2D eigenvalue weighted by Crippen LogP contribution is 2.29. The Labute approximate surface area is 119 Å². The van der Waals surface area contributed by atoms with E-state index < -0.39 is 0 Å². The number of ether oxygens (including phenoxy) is 2. The Balaban J connectivity index is 2.16. The lowest BCUT2D eigenvalue weighted by atomic mass is 10.1. The largest absolute Gasteiger partial charge is 0.497 e. The van der Waals surface area contributed by atoms with Gasteiger partial charge in [-0.15, -0.1) is 0 Å². The van der Waals surface area contributed by atoms with Crippen LogP contribution in [-0.2, 0) is 0 Å². The van der Waals surface area contributed by atoms with Gasteiger partial charge in [-0.05, 0) is 18.2 Å². The lowest BCUT2D eigenvalue weighted by Gasteiger charge is -2.22. The maximum atomic E-state index is 11.9. The summed E-state index contributed by atoms with van der Waals surface area (Å²) < 4.78 is 10.5. The summed E-state index contributed by atoms with van der Waals surface area (Å²) in [6.45, 7) is 1.91. The second-order valence-electron chi connectivity index (χ2n) is 4.86. The van der Waals surface area contributed by atoms with E-state index in [-0.39, 0.29) is 12.1 Å². The maximum Gasteiger partial charge on any atom is 0.319 e. The quantitative estimate of drug-likeness (QED) is 0.875. The molecule has 6 heteroatoms. The van der Waals surface area contributed by atoms with Gasteiger partial charge in [0.1, 0.15) is 11.5 Å². The van der Waals surface area contributed by atoms with Crippen LogP contribution < -0.4 is 15.2 Å². The van der Waals surface area contributed by atoms with Gasteiger partial charge in [0.15, 0.2) is 0 Å². The number of likely N-dealkylation sites (N-methyl/N-ethyl adjacent to an activating group) is 1. The highest BCUT2D eigenvalue weighted by molar-refractivity contribution is 5.76. The molecule has 1 aliphatic rings. The number of urea groups is 1. The number of amides is 2. The zero-order valence-electron chi connectivity index (χ0n) is 12.1. The van der Waals surface area contributed by atoms with Gasteiger partial charge >= 0.3 is 6.03 Å². The first-order valence-electron chi connectivity index (χ1n) is 6.54. The van der Waals surface area contributed by atoms with E-state index in [4.69, 9.17) is 15.2 Å². The van der Waals surface area contributed by atoms with E-state index in [2.05, 4.69) is 0 Å². The fourth-order valence-corrected chi connectivity index (χ4v) is 2.34. The summed E-state index contributed by atoms with van der Waals surface area (Å²) in [5, 5.41) is 0. The second-order valence-corrected chi connectivity index (χ2v) is 4.86. The van der Waals surface area contributed by atoms with Crippen LogP contribution in [0, 0.1) is 0 Å². The van der Waals surface area contributed by atoms with Crippen molar-refractivity contribution >= 4 is 6.03 Å². The fraction of sp³-hybridized carbons (Fsp3) is 0.500. The lowest BCUT2D eigenvalue weighted by molar-refractivity contribution is 0.196. The maximum absolute atomic E-state index is 11.9. The fourth-order valence-electron chi connectivity index (χ4n) is 2.34. The Kier molecular flexibility index (Phi) is 4.34. The Morgan fingerprint density at radius 2 is 2.05 bits per heavy atom. The Morgan fingerprint density at radius 1 is 1.30 bits per heavy atom. The molecule has 1 unspecified atom stereocenters. The molecule has 0 radical (unpaired) electrons. The van der Waals surface area contributed by atoms with E-state index in [0.717, 1.165) is 17.9 Å². The number of rotatable bonds is 5. The van der Waals surface area contributed by atoms with Crippen LogP contribution in [0.4, 0.5) is 4.79 Å². The first kappa shape index (κ1) is 14.5. The van der Waals surface area contributed by atoms with Crippen LogP contribution in [0.5, 0.6) is 11.5 Å². The van der Waals surface area contributed by atoms with Gasteiger partial charge in [-0.2, -0.15) is 0 Å². The molecule has 1 aromatic rings. The van der Waals surface area contributed by atoms with Crippen molar-refractivity contribution < 1.29 is 14.3 Å². The van der Waals surface area contributed by atoms with E-state index in [0.29, 0.717) is 18.8 Å². The third-order valence-electron chi connectivity index (χ3n) is 3.56. The SMILES string of the molecule is COc1ccc(OC)c(C(N)CN2CCN(C)C2=O)c1. The van der Waals surface area contributed by atoms with E-state index in [1.54, 1.807) is 31.1 Å². The first-order valence-corrected chi connectivity index (χ1v) is 6.54. The molecule has 0 aromatic heterocycles. The molecule has 0 bridgehead atoms. The Morgan fingerprint density at radius 3 is 2.60 bits per heavy atom. The standard InChI is InChI=1S/C14H21N3O3/c1-16-6-7-17(14(16)18)9-12(15)11-8-10(19-2)4-5-13(11)20-3/h4-5,8,12H,6-7,9,15H2,1-3H3. The molecule has 20 heavy (non-hydrogen) atoms. The predicted molar refractivity (Wildman–Crippen MR) is 76.1 cm³/mol. The van der Waals surface area contributed by atoms with Crippen molar-refractivity contribution in [1.29, 1.82) is 0 Å². The van der Waals surface area contributed by atoms with Crippen molar-refractivity contribution in [2.24, 2.45) is 5.73 Å². The topological polar surface area (TPSA) is 68.0 Å². The van der Waals surface area contributed by atoms with Gasteiger partial charge < -0.3 is 25.0 Å². The molecule has 1 fully saturated rings. The summed E-state index contributed by atoms with van der Waals surface area (Å²) in [6, 6.07) is 5.21. The zero-order valence-corrected chi connectivity index (χ0v) is 12.1. The van der Waals surface area contributed by atoms with Crippen molar-refractivity contribution in [2.45, 2.75) is 6.04 Å². The summed E-state index contributed by atoms with van der Waals surface area (Å²) >= 11 is 0.